The van der Waals surface area contributed by atoms with E-state index in [1.807, 2.05) is 0 Å². The summed E-state index contributed by atoms with van der Waals surface area (Å²) in [4.78, 5) is 7.21. The molecule has 0 unspecified atom stereocenters. The molecule has 5 heteroatoms. The van der Waals surface area contributed by atoms with Gasteiger partial charge in [0.2, 0.25) is 0 Å². The molecule has 0 spiro atoms. The van der Waals surface area contributed by atoms with E-state index in [9.17, 15) is 0 Å². The molecule has 2 saturated heterocycles. The van der Waals surface area contributed by atoms with Gasteiger partial charge in [0.25, 0.3) is 0 Å². The Morgan fingerprint density at radius 3 is 2.63 bits per heavy atom. The fourth-order valence-corrected chi connectivity index (χ4v) is 3.06. The standard InChI is InChI=1S/C14H28N4O/c1-2-7-16-13(15)17-12-14(5-10-19-11-6-14)18-8-3-4-9-18/h2-12H2,1H3,(H3,15,16,17). The lowest BCUT2D eigenvalue weighted by molar-refractivity contribution is -0.0138. The number of likely N-dealkylation sites (tertiary alicyclic amines) is 1. The van der Waals surface area contributed by atoms with Gasteiger partial charge in [0.15, 0.2) is 5.96 Å². The van der Waals surface area contributed by atoms with Crippen LogP contribution >= 0.6 is 0 Å². The Kier molecular flexibility index (Phi) is 5.45. The van der Waals surface area contributed by atoms with Gasteiger partial charge in [0.1, 0.15) is 0 Å². The Bertz CT molecular complexity index is 294. The number of hydrogen-bond acceptors (Lipinski definition) is 3. The summed E-state index contributed by atoms with van der Waals surface area (Å²) in [7, 11) is 0. The molecule has 0 atom stereocenters. The fourth-order valence-electron chi connectivity index (χ4n) is 3.06. The highest BCUT2D eigenvalue weighted by molar-refractivity contribution is 5.77. The molecule has 5 nitrogen and oxygen atoms in total. The highest BCUT2D eigenvalue weighted by Crippen LogP contribution is 2.31. The van der Waals surface area contributed by atoms with Crippen molar-refractivity contribution in [2.45, 2.75) is 44.6 Å². The van der Waals surface area contributed by atoms with Gasteiger partial charge in [-0.15, -0.1) is 0 Å². The van der Waals surface area contributed by atoms with E-state index in [1.165, 1.54) is 25.9 Å². The fraction of sp³-hybridized carbons (Fsp3) is 0.929. The highest BCUT2D eigenvalue weighted by Gasteiger charge is 2.39. The molecule has 110 valence electrons. The molecule has 2 fully saturated rings. The molecule has 0 radical (unpaired) electrons. The van der Waals surface area contributed by atoms with Gasteiger partial charge in [-0.05, 0) is 45.2 Å². The summed E-state index contributed by atoms with van der Waals surface area (Å²) in [5, 5.41) is 3.16. The van der Waals surface area contributed by atoms with Gasteiger partial charge in [-0.3, -0.25) is 9.89 Å². The number of rotatable bonds is 5. The molecule has 2 rings (SSSR count). The Hall–Kier alpha value is -0.810. The van der Waals surface area contributed by atoms with Crippen LogP contribution in [0.25, 0.3) is 0 Å². The van der Waals surface area contributed by atoms with Crippen molar-refractivity contribution in [2.75, 3.05) is 39.4 Å². The van der Waals surface area contributed by atoms with E-state index in [0.717, 1.165) is 45.6 Å². The van der Waals surface area contributed by atoms with Crippen LogP contribution in [0.5, 0.6) is 0 Å². The summed E-state index contributed by atoms with van der Waals surface area (Å²) >= 11 is 0. The van der Waals surface area contributed by atoms with Gasteiger partial charge in [-0.1, -0.05) is 6.92 Å². The molecule has 0 aromatic rings. The first-order valence-corrected chi connectivity index (χ1v) is 7.63. The van der Waals surface area contributed by atoms with Crippen molar-refractivity contribution in [3.63, 3.8) is 0 Å². The number of aliphatic imine (C=N–C) groups is 1. The Labute approximate surface area is 116 Å². The van der Waals surface area contributed by atoms with Gasteiger partial charge >= 0.3 is 0 Å². The summed E-state index contributed by atoms with van der Waals surface area (Å²) < 4.78 is 5.53. The maximum atomic E-state index is 5.92. The van der Waals surface area contributed by atoms with E-state index in [-0.39, 0.29) is 5.54 Å². The minimum absolute atomic E-state index is 0.188. The van der Waals surface area contributed by atoms with Crippen LogP contribution in [0.3, 0.4) is 0 Å². The molecule has 0 saturated carbocycles. The predicted molar refractivity (Wildman–Crippen MR) is 78.4 cm³/mol. The first-order valence-electron chi connectivity index (χ1n) is 7.63. The van der Waals surface area contributed by atoms with Gasteiger partial charge in [-0.2, -0.15) is 0 Å². The van der Waals surface area contributed by atoms with Crippen LogP contribution in [0.1, 0.15) is 39.0 Å². The minimum atomic E-state index is 0.188. The van der Waals surface area contributed by atoms with E-state index < -0.39 is 0 Å². The average Bonchev–Trinajstić information content (AvgIpc) is 2.98. The second kappa shape index (κ2) is 7.10. The predicted octanol–water partition coefficient (Wildman–Crippen LogP) is 0.946. The van der Waals surface area contributed by atoms with E-state index >= 15 is 0 Å². The monoisotopic (exact) mass is 268 g/mol. The lowest BCUT2D eigenvalue weighted by Gasteiger charge is -2.43. The SMILES string of the molecule is CCCNC(N)=NCC1(N2CCCC2)CCOCC1. The number of ether oxygens (including phenoxy) is 1. The molecule has 2 aliphatic heterocycles. The van der Waals surface area contributed by atoms with Crippen LogP contribution < -0.4 is 11.1 Å². The molecule has 0 amide bonds. The molecule has 0 aromatic heterocycles. The second-order valence-electron chi connectivity index (χ2n) is 5.66. The van der Waals surface area contributed by atoms with Crippen molar-refractivity contribution >= 4 is 5.96 Å². The molecule has 0 bridgehead atoms. The molecule has 19 heavy (non-hydrogen) atoms. The zero-order chi connectivity index (χ0) is 13.6. The molecule has 0 aliphatic carbocycles. The van der Waals surface area contributed by atoms with Crippen LogP contribution in [-0.2, 0) is 4.74 Å². The Morgan fingerprint density at radius 2 is 2.00 bits per heavy atom. The van der Waals surface area contributed by atoms with Crippen molar-refractivity contribution in [2.24, 2.45) is 10.7 Å². The van der Waals surface area contributed by atoms with E-state index in [1.54, 1.807) is 0 Å². The first kappa shape index (κ1) is 14.6. The second-order valence-corrected chi connectivity index (χ2v) is 5.66. The smallest absolute Gasteiger partial charge is 0.188 e. The number of nitrogens with zero attached hydrogens (tertiary/aromatic N) is 2. The van der Waals surface area contributed by atoms with Crippen LogP contribution in [0.15, 0.2) is 4.99 Å². The van der Waals surface area contributed by atoms with Crippen LogP contribution in [0, 0.1) is 0 Å². The quantitative estimate of drug-likeness (QED) is 0.575. The normalized spacial score (nSPS) is 24.6. The van der Waals surface area contributed by atoms with Gasteiger partial charge < -0.3 is 15.8 Å². The zero-order valence-corrected chi connectivity index (χ0v) is 12.2. The lowest BCUT2D eigenvalue weighted by Crippen LogP contribution is -2.53. The molecule has 3 N–H and O–H groups in total. The number of guanidine groups is 1. The topological polar surface area (TPSA) is 62.9 Å². The van der Waals surface area contributed by atoms with Crippen LogP contribution in [0.2, 0.25) is 0 Å². The lowest BCUT2D eigenvalue weighted by atomic mass is 9.88. The maximum Gasteiger partial charge on any atom is 0.188 e. The third-order valence-electron chi connectivity index (χ3n) is 4.30. The summed E-state index contributed by atoms with van der Waals surface area (Å²) in [6.45, 7) is 7.96. The summed E-state index contributed by atoms with van der Waals surface area (Å²) in [6, 6.07) is 0. The Morgan fingerprint density at radius 1 is 1.32 bits per heavy atom. The Balaban J connectivity index is 1.97. The molecule has 2 aliphatic rings. The van der Waals surface area contributed by atoms with Crippen LogP contribution in [0.4, 0.5) is 0 Å². The van der Waals surface area contributed by atoms with Crippen molar-refractivity contribution in [3.8, 4) is 0 Å². The molecule has 0 aromatic carbocycles. The summed E-state index contributed by atoms with van der Waals surface area (Å²) in [5.74, 6) is 0.590. The maximum absolute atomic E-state index is 5.92. The average molecular weight is 268 g/mol. The number of hydrogen-bond donors (Lipinski definition) is 2. The molecular formula is C14H28N4O. The van der Waals surface area contributed by atoms with Crippen molar-refractivity contribution in [1.29, 1.82) is 0 Å². The molecule has 2 heterocycles. The van der Waals surface area contributed by atoms with Gasteiger partial charge in [0.05, 0.1) is 6.54 Å². The van der Waals surface area contributed by atoms with E-state index in [0.29, 0.717) is 5.96 Å². The zero-order valence-electron chi connectivity index (χ0n) is 12.2. The third-order valence-corrected chi connectivity index (χ3v) is 4.30. The minimum Gasteiger partial charge on any atom is -0.381 e. The van der Waals surface area contributed by atoms with Crippen molar-refractivity contribution in [1.82, 2.24) is 10.2 Å². The van der Waals surface area contributed by atoms with E-state index in [2.05, 4.69) is 22.1 Å². The van der Waals surface area contributed by atoms with Crippen LogP contribution in [-0.4, -0.2) is 55.8 Å². The van der Waals surface area contributed by atoms with Crippen molar-refractivity contribution in [3.05, 3.63) is 0 Å². The number of nitrogens with two attached hydrogens (primary N) is 1. The number of nitrogens with one attached hydrogen (secondary N) is 1. The first-order chi connectivity index (χ1) is 9.27. The third kappa shape index (κ3) is 3.83. The summed E-state index contributed by atoms with van der Waals surface area (Å²) in [6.07, 6.45) is 5.86. The largest absolute Gasteiger partial charge is 0.381 e. The van der Waals surface area contributed by atoms with Gasteiger partial charge in [0, 0.05) is 25.3 Å². The summed E-state index contributed by atoms with van der Waals surface area (Å²) in [5.41, 5.74) is 6.11. The van der Waals surface area contributed by atoms with E-state index in [4.69, 9.17) is 10.5 Å². The molecular weight excluding hydrogens is 240 g/mol. The highest BCUT2D eigenvalue weighted by atomic mass is 16.5. The van der Waals surface area contributed by atoms with Crippen molar-refractivity contribution < 1.29 is 4.74 Å². The van der Waals surface area contributed by atoms with Gasteiger partial charge in [-0.25, -0.2) is 0 Å².